The number of aliphatic hydroxyl groups is 1. The van der Waals surface area contributed by atoms with Gasteiger partial charge in [0.1, 0.15) is 23.9 Å². The summed E-state index contributed by atoms with van der Waals surface area (Å²) in [7, 11) is 0. The van der Waals surface area contributed by atoms with Gasteiger partial charge in [0.2, 0.25) is 10.6 Å². The summed E-state index contributed by atoms with van der Waals surface area (Å²) in [6.45, 7) is -0.673. The minimum Gasteiger partial charge on any atom is -0.383 e. The number of fused-ring (bicyclic) bond motifs is 2. The zero-order valence-electron chi connectivity index (χ0n) is 32.4. The third-order valence-electron chi connectivity index (χ3n) is 8.72. The van der Waals surface area contributed by atoms with Crippen LogP contribution in [0.2, 0.25) is 10.6 Å². The SMILES string of the molecule is Clc1nc(N2CCOCC2)c2ncn(C3CCCCO3)c2n1.[2H]C([2H])([2H])C(O)(c1nc2c(N3CCOCC3)nc(Cl)nc2n1C1CCCCO1)C([2H])([2H])[2H]. The summed E-state index contributed by atoms with van der Waals surface area (Å²) in [5.41, 5.74) is -1.49. The molecule has 0 amide bonds. The Labute approximate surface area is 296 Å². The summed E-state index contributed by atoms with van der Waals surface area (Å²) in [5.74, 6) is 0.538. The van der Waals surface area contributed by atoms with Crippen molar-refractivity contribution in [2.45, 2.75) is 70.3 Å². The van der Waals surface area contributed by atoms with E-state index in [2.05, 4.69) is 34.8 Å². The van der Waals surface area contributed by atoms with Crippen molar-refractivity contribution < 1.29 is 32.3 Å². The zero-order valence-corrected chi connectivity index (χ0v) is 27.9. The maximum absolute atomic E-state index is 11.3. The number of morpholine rings is 2. The van der Waals surface area contributed by atoms with Gasteiger partial charge in [-0.15, -0.1) is 0 Å². The van der Waals surface area contributed by atoms with Gasteiger partial charge in [-0.05, 0) is 75.4 Å². The molecule has 8 heterocycles. The van der Waals surface area contributed by atoms with Crippen LogP contribution in [0.5, 0.6) is 0 Å². The largest absolute Gasteiger partial charge is 0.383 e. The number of hydrogen-bond donors (Lipinski definition) is 1. The van der Waals surface area contributed by atoms with Gasteiger partial charge >= 0.3 is 0 Å². The first-order valence-electron chi connectivity index (χ1n) is 19.2. The Morgan fingerprint density at radius 1 is 0.729 bits per heavy atom. The van der Waals surface area contributed by atoms with Crippen LogP contribution in [0, 0.1) is 0 Å². The highest BCUT2D eigenvalue weighted by Crippen LogP contribution is 2.36. The predicted molar refractivity (Wildman–Crippen MR) is 180 cm³/mol. The van der Waals surface area contributed by atoms with Crippen molar-refractivity contribution in [2.75, 3.05) is 75.6 Å². The van der Waals surface area contributed by atoms with Crippen LogP contribution >= 0.6 is 23.2 Å². The molecule has 8 rings (SSSR count). The van der Waals surface area contributed by atoms with Crippen molar-refractivity contribution in [1.82, 2.24) is 39.0 Å². The molecule has 17 heteroatoms. The molecule has 4 aromatic heterocycles. The lowest BCUT2D eigenvalue weighted by atomic mass is 10.1. The third-order valence-corrected chi connectivity index (χ3v) is 9.06. The Hall–Kier alpha value is -2.92. The van der Waals surface area contributed by atoms with Gasteiger partial charge in [0.25, 0.3) is 0 Å². The zero-order chi connectivity index (χ0) is 38.3. The maximum atomic E-state index is 11.3. The molecule has 0 aromatic carbocycles. The molecule has 4 aliphatic heterocycles. The lowest BCUT2D eigenvalue weighted by molar-refractivity contribution is -0.0405. The van der Waals surface area contributed by atoms with E-state index in [-0.39, 0.29) is 28.0 Å². The molecule has 0 saturated carbocycles. The van der Waals surface area contributed by atoms with Crippen molar-refractivity contribution in [3.05, 3.63) is 22.7 Å². The number of anilines is 2. The first-order valence-corrected chi connectivity index (χ1v) is 17.0. The number of rotatable bonds is 5. The molecule has 48 heavy (non-hydrogen) atoms. The van der Waals surface area contributed by atoms with Gasteiger partial charge < -0.3 is 33.9 Å². The molecule has 0 spiro atoms. The molecule has 0 aliphatic carbocycles. The van der Waals surface area contributed by atoms with Gasteiger partial charge in [0, 0.05) is 47.6 Å². The number of halogens is 2. The van der Waals surface area contributed by atoms with Crippen molar-refractivity contribution in [3.8, 4) is 0 Å². The Morgan fingerprint density at radius 3 is 1.85 bits per heavy atom. The van der Waals surface area contributed by atoms with E-state index in [9.17, 15) is 5.11 Å². The van der Waals surface area contributed by atoms with Gasteiger partial charge in [0.05, 0.1) is 32.8 Å². The number of aromatic nitrogens is 8. The predicted octanol–water partition coefficient (Wildman–Crippen LogP) is 4.26. The summed E-state index contributed by atoms with van der Waals surface area (Å²) in [6, 6.07) is 0. The molecular formula is C31H42Cl2N10O5. The molecular weight excluding hydrogens is 663 g/mol. The van der Waals surface area contributed by atoms with Crippen molar-refractivity contribution in [2.24, 2.45) is 0 Å². The molecule has 260 valence electrons. The molecule has 1 N–H and O–H groups in total. The number of ether oxygens (including phenoxy) is 4. The Bertz CT molecular complexity index is 1910. The summed E-state index contributed by atoms with van der Waals surface area (Å²) < 4.78 is 73.1. The minimum atomic E-state index is -3.32. The van der Waals surface area contributed by atoms with Crippen LogP contribution in [-0.4, -0.2) is 110 Å². The van der Waals surface area contributed by atoms with E-state index in [1.54, 1.807) is 6.33 Å². The Morgan fingerprint density at radius 2 is 1.29 bits per heavy atom. The van der Waals surface area contributed by atoms with Crippen LogP contribution in [0.3, 0.4) is 0 Å². The van der Waals surface area contributed by atoms with Crippen LogP contribution in [0.4, 0.5) is 11.6 Å². The molecule has 4 aromatic rings. The van der Waals surface area contributed by atoms with E-state index in [0.29, 0.717) is 58.4 Å². The summed E-state index contributed by atoms with van der Waals surface area (Å²) >= 11 is 12.4. The van der Waals surface area contributed by atoms with Gasteiger partial charge in [-0.25, -0.2) is 9.97 Å². The van der Waals surface area contributed by atoms with Crippen LogP contribution in [0.1, 0.15) is 78.7 Å². The lowest BCUT2D eigenvalue weighted by Gasteiger charge is -2.29. The molecule has 0 bridgehead atoms. The van der Waals surface area contributed by atoms with Crippen LogP contribution in [0.15, 0.2) is 6.33 Å². The molecule has 2 atom stereocenters. The van der Waals surface area contributed by atoms with E-state index >= 15 is 0 Å². The first kappa shape index (κ1) is 26.9. The standard InChI is InChI=1S/C17H24ClN5O3.C14H18ClN5O2/c1-17(2,24)15-19-12-13(22-6-9-25-10-7-22)20-16(18)21-14(12)23(15)11-5-3-4-8-26-11;15-14-17-12(19-4-7-21-8-5-19)11-13(18-14)20(9-16-11)10-3-1-2-6-22-10/h11,24H,3-10H2,1-2H3;9-10H,1-8H2/i1D3,2D3;. The highest BCUT2D eigenvalue weighted by molar-refractivity contribution is 6.29. The highest BCUT2D eigenvalue weighted by atomic mass is 35.5. The molecule has 15 nitrogen and oxygen atoms in total. The van der Waals surface area contributed by atoms with Gasteiger partial charge in [0.15, 0.2) is 34.0 Å². The maximum Gasteiger partial charge on any atom is 0.226 e. The summed E-state index contributed by atoms with van der Waals surface area (Å²) in [6.07, 6.45) is 6.28. The topological polar surface area (TPSA) is 151 Å². The molecule has 0 radical (unpaired) electrons. The fraction of sp³-hybridized carbons (Fsp3) is 0.677. The number of hydrogen-bond acceptors (Lipinski definition) is 13. The van der Waals surface area contributed by atoms with Crippen molar-refractivity contribution in [1.29, 1.82) is 0 Å². The average molecular weight is 712 g/mol. The van der Waals surface area contributed by atoms with Crippen molar-refractivity contribution in [3.63, 3.8) is 0 Å². The monoisotopic (exact) mass is 710 g/mol. The van der Waals surface area contributed by atoms with Gasteiger partial charge in [-0.3, -0.25) is 9.13 Å². The van der Waals surface area contributed by atoms with Crippen LogP contribution in [-0.2, 0) is 24.5 Å². The minimum absolute atomic E-state index is 0.0118. The van der Waals surface area contributed by atoms with E-state index in [1.165, 1.54) is 4.57 Å². The number of imidazole rings is 2. The Kier molecular flexibility index (Phi) is 8.13. The van der Waals surface area contributed by atoms with E-state index in [4.69, 9.17) is 50.4 Å². The average Bonchev–Trinajstić information content (AvgIpc) is 3.77. The van der Waals surface area contributed by atoms with E-state index in [1.807, 2.05) is 9.47 Å². The second-order valence-electron chi connectivity index (χ2n) is 12.0. The molecule has 4 fully saturated rings. The Balaban J connectivity index is 0.000000178. The van der Waals surface area contributed by atoms with E-state index < -0.39 is 31.4 Å². The first-order chi connectivity index (χ1) is 25.8. The van der Waals surface area contributed by atoms with Crippen LogP contribution in [0.25, 0.3) is 22.3 Å². The lowest BCUT2D eigenvalue weighted by Crippen LogP contribution is -2.37. The molecule has 2 unspecified atom stereocenters. The smallest absolute Gasteiger partial charge is 0.226 e. The second kappa shape index (κ2) is 14.5. The fourth-order valence-electron chi connectivity index (χ4n) is 6.41. The summed E-state index contributed by atoms with van der Waals surface area (Å²) in [5, 5.41) is 11.4. The molecule has 4 aliphatic rings. The normalized spacial score (nSPS) is 25.0. The van der Waals surface area contributed by atoms with Crippen molar-refractivity contribution >= 4 is 57.2 Å². The molecule has 4 saturated heterocycles. The third kappa shape index (κ3) is 7.04. The fourth-order valence-corrected chi connectivity index (χ4v) is 6.73. The van der Waals surface area contributed by atoms with Crippen LogP contribution < -0.4 is 9.80 Å². The van der Waals surface area contributed by atoms with Gasteiger partial charge in [-0.1, -0.05) is 0 Å². The van der Waals surface area contributed by atoms with Gasteiger partial charge in [-0.2, -0.15) is 19.9 Å². The second-order valence-corrected chi connectivity index (χ2v) is 12.7. The van der Waals surface area contributed by atoms with E-state index in [0.717, 1.165) is 68.8 Å². The highest BCUT2D eigenvalue weighted by Gasteiger charge is 2.33. The number of nitrogens with zero attached hydrogens (tertiary/aromatic N) is 10. The quantitative estimate of drug-likeness (QED) is 0.294. The summed E-state index contributed by atoms with van der Waals surface area (Å²) in [4.78, 5) is 30.2.